The van der Waals surface area contributed by atoms with E-state index in [9.17, 15) is 9.90 Å². The fourth-order valence-corrected chi connectivity index (χ4v) is 2.62. The van der Waals surface area contributed by atoms with Gasteiger partial charge in [0.1, 0.15) is 12.4 Å². The molecule has 0 saturated carbocycles. The van der Waals surface area contributed by atoms with Gasteiger partial charge in [0.25, 0.3) is 0 Å². The number of hydrogen-bond donors (Lipinski definition) is 2. The van der Waals surface area contributed by atoms with Crippen LogP contribution < -0.4 is 4.74 Å². The van der Waals surface area contributed by atoms with Crippen LogP contribution in [0, 0.1) is 0 Å². The molecule has 2 N–H and O–H groups in total. The molecule has 21 heavy (non-hydrogen) atoms. The smallest absolute Gasteiger partial charge is 0.313 e. The first-order valence-electron chi connectivity index (χ1n) is 5.80. The van der Waals surface area contributed by atoms with Crippen molar-refractivity contribution in [2.24, 2.45) is 0 Å². The van der Waals surface area contributed by atoms with E-state index in [1.165, 1.54) is 7.11 Å². The summed E-state index contributed by atoms with van der Waals surface area (Å²) in [6.45, 7) is -0.329. The van der Waals surface area contributed by atoms with Crippen LogP contribution in [-0.4, -0.2) is 43.8 Å². The number of thioether (sulfide) groups is 1. The van der Waals surface area contributed by atoms with Crippen LogP contribution in [0.3, 0.4) is 0 Å². The molecule has 0 aliphatic heterocycles. The van der Waals surface area contributed by atoms with Crippen molar-refractivity contribution in [1.29, 1.82) is 0 Å². The molecule has 112 valence electrons. The Morgan fingerprint density at radius 2 is 2.24 bits per heavy atom. The number of benzene rings is 1. The maximum absolute atomic E-state index is 10.7. The third kappa shape index (κ3) is 3.46. The van der Waals surface area contributed by atoms with Gasteiger partial charge < -0.3 is 14.9 Å². The predicted octanol–water partition coefficient (Wildman–Crippen LogP) is 1.60. The summed E-state index contributed by atoms with van der Waals surface area (Å²) in [6.07, 6.45) is 0. The van der Waals surface area contributed by atoms with Crippen LogP contribution in [0.1, 0.15) is 5.82 Å². The van der Waals surface area contributed by atoms with Crippen molar-refractivity contribution >= 4 is 29.3 Å². The summed E-state index contributed by atoms with van der Waals surface area (Å²) >= 11 is 7.09. The number of aliphatic hydroxyl groups is 1. The molecule has 2 rings (SSSR count). The van der Waals surface area contributed by atoms with Crippen molar-refractivity contribution in [3.05, 3.63) is 29.0 Å². The second-order valence-corrected chi connectivity index (χ2v) is 5.24. The lowest BCUT2D eigenvalue weighted by molar-refractivity contribution is -0.133. The second-order valence-electron chi connectivity index (χ2n) is 3.89. The molecule has 0 amide bonds. The molecule has 9 heteroatoms. The van der Waals surface area contributed by atoms with Gasteiger partial charge >= 0.3 is 5.97 Å². The molecular weight excluding hydrogens is 318 g/mol. The van der Waals surface area contributed by atoms with E-state index in [4.69, 9.17) is 21.4 Å². The van der Waals surface area contributed by atoms with Crippen molar-refractivity contribution in [2.45, 2.75) is 11.8 Å². The van der Waals surface area contributed by atoms with Gasteiger partial charge in [-0.05, 0) is 18.2 Å². The van der Waals surface area contributed by atoms with E-state index in [-0.39, 0.29) is 12.4 Å². The molecule has 0 radical (unpaired) electrons. The van der Waals surface area contributed by atoms with Gasteiger partial charge in [0.05, 0.1) is 23.6 Å². The Labute approximate surface area is 129 Å². The molecule has 0 saturated heterocycles. The monoisotopic (exact) mass is 329 g/mol. The third-order valence-corrected chi connectivity index (χ3v) is 3.77. The lowest BCUT2D eigenvalue weighted by atomic mass is 10.3. The molecule has 0 spiro atoms. The van der Waals surface area contributed by atoms with Gasteiger partial charge in [-0.2, -0.15) is 0 Å². The summed E-state index contributed by atoms with van der Waals surface area (Å²) in [5, 5.41) is 26.6. The van der Waals surface area contributed by atoms with E-state index in [0.29, 0.717) is 27.4 Å². The van der Waals surface area contributed by atoms with Gasteiger partial charge in [-0.3, -0.25) is 9.36 Å². The van der Waals surface area contributed by atoms with Gasteiger partial charge in [-0.1, -0.05) is 23.4 Å². The van der Waals surface area contributed by atoms with Crippen LogP contribution in [0.5, 0.6) is 5.75 Å². The van der Waals surface area contributed by atoms with E-state index in [1.54, 1.807) is 22.8 Å². The van der Waals surface area contributed by atoms with Crippen LogP contribution in [0.25, 0.3) is 5.69 Å². The third-order valence-electron chi connectivity index (χ3n) is 2.56. The molecule has 0 aliphatic rings. The number of carbonyl (C=O) groups is 1. The molecule has 1 aromatic carbocycles. The Hall–Kier alpha value is -1.77. The quantitative estimate of drug-likeness (QED) is 0.777. The van der Waals surface area contributed by atoms with Crippen molar-refractivity contribution in [2.75, 3.05) is 12.9 Å². The van der Waals surface area contributed by atoms with Gasteiger partial charge in [0, 0.05) is 0 Å². The molecule has 0 aliphatic carbocycles. The highest BCUT2D eigenvalue weighted by atomic mass is 35.5. The van der Waals surface area contributed by atoms with Gasteiger partial charge in [-0.15, -0.1) is 10.2 Å². The number of carboxylic acid groups (broad SMARTS) is 1. The molecule has 1 aromatic heterocycles. The Morgan fingerprint density at radius 3 is 2.81 bits per heavy atom. The lowest BCUT2D eigenvalue weighted by Crippen LogP contribution is -2.05. The van der Waals surface area contributed by atoms with Crippen LogP contribution in [0.2, 0.25) is 5.02 Å². The Kier molecular flexibility index (Phi) is 5.05. The van der Waals surface area contributed by atoms with Crippen LogP contribution >= 0.6 is 23.4 Å². The van der Waals surface area contributed by atoms with Crippen molar-refractivity contribution in [3.8, 4) is 11.4 Å². The first-order chi connectivity index (χ1) is 10.1. The predicted molar refractivity (Wildman–Crippen MR) is 77.2 cm³/mol. The molecular formula is C12H12ClN3O4S. The topological polar surface area (TPSA) is 97.5 Å². The zero-order valence-corrected chi connectivity index (χ0v) is 12.6. The zero-order valence-electron chi connectivity index (χ0n) is 11.0. The Morgan fingerprint density at radius 1 is 1.48 bits per heavy atom. The SMILES string of the molecule is COc1ccc(-n2c(CO)nnc2SCC(=O)O)cc1Cl. The first-order valence-corrected chi connectivity index (χ1v) is 7.16. The lowest BCUT2D eigenvalue weighted by Gasteiger charge is -2.10. The standard InChI is InChI=1S/C12H12ClN3O4S/c1-20-9-3-2-7(4-8(9)13)16-10(5-17)14-15-12(16)21-6-11(18)19/h2-4,17H,5-6H2,1H3,(H,18,19). The maximum Gasteiger partial charge on any atom is 0.313 e. The number of halogens is 1. The van der Waals surface area contributed by atoms with E-state index in [2.05, 4.69) is 10.2 Å². The number of aromatic nitrogens is 3. The highest BCUT2D eigenvalue weighted by Crippen LogP contribution is 2.29. The minimum absolute atomic E-state index is 0.159. The Balaban J connectivity index is 2.43. The normalized spacial score (nSPS) is 10.6. The summed E-state index contributed by atoms with van der Waals surface area (Å²) in [5.41, 5.74) is 0.614. The highest BCUT2D eigenvalue weighted by molar-refractivity contribution is 7.99. The summed E-state index contributed by atoms with van der Waals surface area (Å²) in [5.74, 6) is -0.316. The number of carboxylic acids is 1. The highest BCUT2D eigenvalue weighted by Gasteiger charge is 2.16. The van der Waals surface area contributed by atoms with E-state index in [0.717, 1.165) is 11.8 Å². The number of aliphatic carboxylic acids is 1. The largest absolute Gasteiger partial charge is 0.495 e. The first kappa shape index (κ1) is 15.6. The van der Waals surface area contributed by atoms with Crippen LogP contribution in [-0.2, 0) is 11.4 Å². The average Bonchev–Trinajstić information content (AvgIpc) is 2.87. The fraction of sp³-hybridized carbons (Fsp3) is 0.250. The van der Waals surface area contributed by atoms with Crippen molar-refractivity contribution in [1.82, 2.24) is 14.8 Å². The summed E-state index contributed by atoms with van der Waals surface area (Å²) in [4.78, 5) is 10.7. The van der Waals surface area contributed by atoms with Crippen LogP contribution in [0.4, 0.5) is 0 Å². The van der Waals surface area contributed by atoms with E-state index in [1.807, 2.05) is 0 Å². The number of hydrogen-bond acceptors (Lipinski definition) is 6. The van der Waals surface area contributed by atoms with Gasteiger partial charge in [-0.25, -0.2) is 0 Å². The molecule has 1 heterocycles. The Bertz CT molecular complexity index is 662. The molecule has 0 fully saturated rings. The second kappa shape index (κ2) is 6.79. The minimum Gasteiger partial charge on any atom is -0.495 e. The summed E-state index contributed by atoms with van der Waals surface area (Å²) in [7, 11) is 1.51. The number of rotatable bonds is 6. The molecule has 0 bridgehead atoms. The van der Waals surface area contributed by atoms with Gasteiger partial charge in [0.15, 0.2) is 11.0 Å². The molecule has 7 nitrogen and oxygen atoms in total. The number of ether oxygens (including phenoxy) is 1. The summed E-state index contributed by atoms with van der Waals surface area (Å²) < 4.78 is 6.63. The number of aliphatic hydroxyl groups excluding tert-OH is 1. The van der Waals surface area contributed by atoms with E-state index < -0.39 is 5.97 Å². The van der Waals surface area contributed by atoms with E-state index >= 15 is 0 Å². The minimum atomic E-state index is -0.965. The fourth-order valence-electron chi connectivity index (χ4n) is 1.68. The number of methoxy groups -OCH3 is 1. The average molecular weight is 330 g/mol. The van der Waals surface area contributed by atoms with Crippen LogP contribution in [0.15, 0.2) is 23.4 Å². The zero-order chi connectivity index (χ0) is 15.4. The maximum atomic E-state index is 10.7. The molecule has 0 atom stereocenters. The molecule has 0 unspecified atom stereocenters. The number of nitrogens with zero attached hydrogens (tertiary/aromatic N) is 3. The van der Waals surface area contributed by atoms with Crippen molar-refractivity contribution < 1.29 is 19.7 Å². The van der Waals surface area contributed by atoms with Gasteiger partial charge in [0.2, 0.25) is 0 Å². The van der Waals surface area contributed by atoms with Crippen molar-refractivity contribution in [3.63, 3.8) is 0 Å². The molecule has 2 aromatic rings. The summed E-state index contributed by atoms with van der Waals surface area (Å²) in [6, 6.07) is 5.02.